The zero-order valence-corrected chi connectivity index (χ0v) is 19.9. The largest absolute Gasteiger partial charge is 0.497 e. The number of aromatic nitrogens is 1. The molecule has 1 atom stereocenters. The lowest BCUT2D eigenvalue weighted by Gasteiger charge is -2.35. The number of ether oxygens (including phenoxy) is 1. The van der Waals surface area contributed by atoms with Crippen LogP contribution in [0.4, 0.5) is 10.8 Å². The molecule has 0 bridgehead atoms. The highest BCUT2D eigenvalue weighted by atomic mass is 127. The molecule has 0 radical (unpaired) electrons. The summed E-state index contributed by atoms with van der Waals surface area (Å²) in [5, 5.41) is 3.12. The molecule has 2 saturated heterocycles. The monoisotopic (exact) mass is 528 g/mol. The molecule has 0 aliphatic carbocycles. The third-order valence-corrected chi connectivity index (χ3v) is 6.34. The van der Waals surface area contributed by atoms with Crippen molar-refractivity contribution in [1.82, 2.24) is 9.88 Å². The van der Waals surface area contributed by atoms with Crippen molar-refractivity contribution < 1.29 is 4.74 Å². The number of halogens is 1. The van der Waals surface area contributed by atoms with Gasteiger partial charge in [0.05, 0.1) is 7.11 Å². The van der Waals surface area contributed by atoms with E-state index in [4.69, 9.17) is 15.5 Å². The van der Waals surface area contributed by atoms with E-state index in [1.807, 2.05) is 23.7 Å². The van der Waals surface area contributed by atoms with Gasteiger partial charge in [-0.15, -0.1) is 35.3 Å². The van der Waals surface area contributed by atoms with E-state index >= 15 is 0 Å². The van der Waals surface area contributed by atoms with E-state index in [1.54, 1.807) is 18.4 Å². The number of anilines is 2. The van der Waals surface area contributed by atoms with Crippen molar-refractivity contribution in [3.05, 3.63) is 35.8 Å². The van der Waals surface area contributed by atoms with Crippen molar-refractivity contribution in [2.75, 3.05) is 62.7 Å². The van der Waals surface area contributed by atoms with Gasteiger partial charge in [0.1, 0.15) is 5.75 Å². The molecule has 1 unspecified atom stereocenters. The maximum absolute atomic E-state index is 6.29. The Bertz CT molecular complexity index is 794. The molecule has 7 nitrogen and oxygen atoms in total. The van der Waals surface area contributed by atoms with Crippen molar-refractivity contribution >= 4 is 52.1 Å². The summed E-state index contributed by atoms with van der Waals surface area (Å²) in [6, 6.07) is 8.27. The van der Waals surface area contributed by atoms with E-state index in [2.05, 4.69) is 31.8 Å². The minimum absolute atomic E-state index is 0. The number of nitrogens with zero attached hydrogens (tertiary/aromatic N) is 5. The molecule has 4 rings (SSSR count). The van der Waals surface area contributed by atoms with Crippen LogP contribution in [0, 0.1) is 5.92 Å². The van der Waals surface area contributed by atoms with Gasteiger partial charge in [-0.25, -0.2) is 4.98 Å². The first-order valence-electron chi connectivity index (χ1n) is 9.81. The van der Waals surface area contributed by atoms with Gasteiger partial charge in [-0.2, -0.15) is 0 Å². The number of methoxy groups -OCH3 is 1. The molecule has 1 aromatic heterocycles. The Balaban J connectivity index is 0.00000240. The van der Waals surface area contributed by atoms with Crippen molar-refractivity contribution in [1.29, 1.82) is 0 Å². The lowest BCUT2D eigenvalue weighted by atomic mass is 10.1. The fourth-order valence-corrected chi connectivity index (χ4v) is 4.54. The first-order chi connectivity index (χ1) is 13.7. The molecule has 0 spiro atoms. The standard InChI is InChI=1S/C20H28N6OS.HI/c1-27-18-4-2-3-17(13-18)26-7-5-16(15-26)14-23-19(21)24-8-10-25(11-9-24)20-22-6-12-28-20;/h2-4,6,12-13,16H,5,7-11,14-15H2,1H3,(H2,21,23);1H. The van der Waals surface area contributed by atoms with Crippen molar-refractivity contribution in [3.8, 4) is 5.75 Å². The normalized spacial score (nSPS) is 20.0. The number of nitrogens with two attached hydrogens (primary N) is 1. The molecule has 9 heteroatoms. The SMILES string of the molecule is COc1cccc(N2CCC(CN=C(N)N3CCN(c4nccs4)CC3)C2)c1.I. The Morgan fingerprint density at radius 1 is 1.24 bits per heavy atom. The zero-order chi connectivity index (χ0) is 19.3. The summed E-state index contributed by atoms with van der Waals surface area (Å²) < 4.78 is 5.34. The Hall–Kier alpha value is -1.75. The quantitative estimate of drug-likeness (QED) is 0.366. The molecular formula is C20H29IN6OS. The highest BCUT2D eigenvalue weighted by molar-refractivity contribution is 14.0. The summed E-state index contributed by atoms with van der Waals surface area (Å²) in [6.45, 7) is 6.54. The number of rotatable bonds is 5. The van der Waals surface area contributed by atoms with E-state index in [9.17, 15) is 0 Å². The van der Waals surface area contributed by atoms with Crippen LogP contribution in [0.5, 0.6) is 5.75 Å². The molecule has 158 valence electrons. The van der Waals surface area contributed by atoms with E-state index < -0.39 is 0 Å². The second-order valence-corrected chi connectivity index (χ2v) is 8.16. The first-order valence-corrected chi connectivity index (χ1v) is 10.7. The number of aliphatic imine (C=N–C) groups is 1. The summed E-state index contributed by atoms with van der Waals surface area (Å²) in [5.74, 6) is 2.13. The van der Waals surface area contributed by atoms with Crippen LogP contribution in [0.25, 0.3) is 0 Å². The molecule has 0 amide bonds. The van der Waals surface area contributed by atoms with Crippen LogP contribution < -0.4 is 20.3 Å². The fraction of sp³-hybridized carbons (Fsp3) is 0.500. The average molecular weight is 528 g/mol. The average Bonchev–Trinajstić information content (AvgIpc) is 3.44. The van der Waals surface area contributed by atoms with Crippen LogP contribution in [0.15, 0.2) is 40.8 Å². The predicted molar refractivity (Wildman–Crippen MR) is 131 cm³/mol. The van der Waals surface area contributed by atoms with Gasteiger partial charge in [0.25, 0.3) is 0 Å². The summed E-state index contributed by atoms with van der Waals surface area (Å²) in [5.41, 5.74) is 7.51. The number of hydrogen-bond acceptors (Lipinski definition) is 6. The van der Waals surface area contributed by atoms with E-state index in [-0.39, 0.29) is 24.0 Å². The highest BCUT2D eigenvalue weighted by Gasteiger charge is 2.24. The van der Waals surface area contributed by atoms with Crippen LogP contribution in [0.3, 0.4) is 0 Å². The fourth-order valence-electron chi connectivity index (χ4n) is 3.84. The van der Waals surface area contributed by atoms with Gasteiger partial charge in [-0.1, -0.05) is 6.07 Å². The maximum Gasteiger partial charge on any atom is 0.191 e. The lowest BCUT2D eigenvalue weighted by Crippen LogP contribution is -2.51. The second-order valence-electron chi connectivity index (χ2n) is 7.29. The number of hydrogen-bond donors (Lipinski definition) is 1. The van der Waals surface area contributed by atoms with Gasteiger partial charge in [0, 0.05) is 69.1 Å². The van der Waals surface area contributed by atoms with Crippen LogP contribution in [-0.4, -0.2) is 68.8 Å². The number of thiazole rings is 1. The third-order valence-electron chi connectivity index (χ3n) is 5.51. The minimum atomic E-state index is 0. The van der Waals surface area contributed by atoms with Gasteiger partial charge >= 0.3 is 0 Å². The predicted octanol–water partition coefficient (Wildman–Crippen LogP) is 2.73. The number of benzene rings is 1. The summed E-state index contributed by atoms with van der Waals surface area (Å²) in [6.07, 6.45) is 3.00. The first kappa shape index (κ1) is 21.9. The molecule has 2 fully saturated rings. The molecular weight excluding hydrogens is 499 g/mol. The van der Waals surface area contributed by atoms with Gasteiger partial charge in [-0.3, -0.25) is 4.99 Å². The maximum atomic E-state index is 6.29. The number of piperazine rings is 1. The van der Waals surface area contributed by atoms with E-state index in [1.165, 1.54) is 5.69 Å². The Kier molecular flexibility index (Phi) is 7.82. The zero-order valence-electron chi connectivity index (χ0n) is 16.7. The molecule has 2 aromatic rings. The molecule has 1 aromatic carbocycles. The molecule has 29 heavy (non-hydrogen) atoms. The highest BCUT2D eigenvalue weighted by Crippen LogP contribution is 2.27. The van der Waals surface area contributed by atoms with Crippen LogP contribution >= 0.6 is 35.3 Å². The minimum Gasteiger partial charge on any atom is -0.497 e. The van der Waals surface area contributed by atoms with E-state index in [0.29, 0.717) is 11.9 Å². The van der Waals surface area contributed by atoms with Gasteiger partial charge in [0.2, 0.25) is 0 Å². The Morgan fingerprint density at radius 2 is 2.07 bits per heavy atom. The van der Waals surface area contributed by atoms with Crippen molar-refractivity contribution in [3.63, 3.8) is 0 Å². The van der Waals surface area contributed by atoms with Crippen LogP contribution in [-0.2, 0) is 0 Å². The lowest BCUT2D eigenvalue weighted by molar-refractivity contribution is 0.379. The Morgan fingerprint density at radius 3 is 2.79 bits per heavy atom. The van der Waals surface area contributed by atoms with Crippen molar-refractivity contribution in [2.24, 2.45) is 16.6 Å². The Labute approximate surface area is 193 Å². The van der Waals surface area contributed by atoms with Crippen molar-refractivity contribution in [2.45, 2.75) is 6.42 Å². The number of guanidine groups is 1. The van der Waals surface area contributed by atoms with Gasteiger partial charge in [-0.05, 0) is 24.5 Å². The second kappa shape index (κ2) is 10.3. The summed E-state index contributed by atoms with van der Waals surface area (Å²) >= 11 is 1.69. The summed E-state index contributed by atoms with van der Waals surface area (Å²) in [7, 11) is 1.71. The summed E-state index contributed by atoms with van der Waals surface area (Å²) in [4.78, 5) is 16.0. The van der Waals surface area contributed by atoms with Crippen LogP contribution in [0.2, 0.25) is 0 Å². The molecule has 2 aliphatic rings. The van der Waals surface area contributed by atoms with E-state index in [0.717, 1.165) is 63.1 Å². The topological polar surface area (TPSA) is 70.2 Å². The molecule has 0 saturated carbocycles. The molecule has 2 N–H and O–H groups in total. The molecule has 2 aliphatic heterocycles. The smallest absolute Gasteiger partial charge is 0.191 e. The van der Waals surface area contributed by atoms with Crippen LogP contribution in [0.1, 0.15) is 6.42 Å². The molecule has 3 heterocycles. The third kappa shape index (κ3) is 5.44. The van der Waals surface area contributed by atoms with Gasteiger partial charge in [0.15, 0.2) is 11.1 Å². The van der Waals surface area contributed by atoms with Gasteiger partial charge < -0.3 is 25.2 Å².